The average Bonchev–Trinajstić information content (AvgIpc) is 2.82. The van der Waals surface area contributed by atoms with Crippen molar-refractivity contribution in [3.05, 3.63) is 57.7 Å². The number of likely N-dealkylation sites (tertiary alicyclic amines) is 2. The Labute approximate surface area is 218 Å². The summed E-state index contributed by atoms with van der Waals surface area (Å²) in [6.45, 7) is 8.00. The Morgan fingerprint density at radius 3 is 2.60 bits per heavy atom. The molecule has 1 aromatic heterocycles. The van der Waals surface area contributed by atoms with E-state index in [4.69, 9.17) is 28.9 Å². The number of aromatic nitrogens is 1. The van der Waals surface area contributed by atoms with Crippen LogP contribution in [0.5, 0.6) is 0 Å². The number of anilines is 1. The van der Waals surface area contributed by atoms with Gasteiger partial charge in [0.2, 0.25) is 5.91 Å². The Bertz CT molecular complexity index is 1070. The first-order chi connectivity index (χ1) is 16.8. The number of pyridine rings is 1. The number of nitrogens with zero attached hydrogens (tertiary/aromatic N) is 4. The van der Waals surface area contributed by atoms with Crippen LogP contribution in [0.2, 0.25) is 10.0 Å². The molecule has 2 aromatic rings. The number of hydrogen-bond donors (Lipinski definition) is 1. The third-order valence-electron chi connectivity index (χ3n) is 8.20. The molecule has 5 rings (SSSR count). The lowest BCUT2D eigenvalue weighted by molar-refractivity contribution is -0.120. The van der Waals surface area contributed by atoms with Crippen molar-refractivity contribution >= 4 is 34.9 Å². The summed E-state index contributed by atoms with van der Waals surface area (Å²) >= 11 is 12.7. The van der Waals surface area contributed by atoms with Gasteiger partial charge < -0.3 is 10.6 Å². The zero-order valence-electron chi connectivity index (χ0n) is 20.4. The first-order valence-corrected chi connectivity index (χ1v) is 13.5. The summed E-state index contributed by atoms with van der Waals surface area (Å²) in [5, 5.41) is 1.12. The van der Waals surface area contributed by atoms with E-state index in [-0.39, 0.29) is 11.3 Å². The molecule has 3 aliphatic heterocycles. The molecule has 4 heterocycles. The third kappa shape index (κ3) is 5.37. The van der Waals surface area contributed by atoms with Crippen LogP contribution in [0.4, 0.5) is 5.82 Å². The maximum absolute atomic E-state index is 13.0. The molecule has 3 aliphatic rings. The van der Waals surface area contributed by atoms with Gasteiger partial charge in [-0.1, -0.05) is 35.3 Å². The Balaban J connectivity index is 1.33. The van der Waals surface area contributed by atoms with Gasteiger partial charge >= 0.3 is 0 Å². The van der Waals surface area contributed by atoms with Gasteiger partial charge in [-0.15, -0.1) is 0 Å². The van der Waals surface area contributed by atoms with Crippen LogP contribution in [0, 0.1) is 6.92 Å². The molecule has 0 bridgehead atoms. The number of hydrogen-bond acceptors (Lipinski definition) is 5. The van der Waals surface area contributed by atoms with Crippen LogP contribution in [0.25, 0.3) is 0 Å². The molecule has 3 saturated heterocycles. The lowest BCUT2D eigenvalue weighted by Gasteiger charge is -2.49. The van der Waals surface area contributed by atoms with Gasteiger partial charge in [-0.05, 0) is 69.0 Å². The summed E-state index contributed by atoms with van der Waals surface area (Å²) in [5.41, 5.74) is 7.95. The Morgan fingerprint density at radius 2 is 1.89 bits per heavy atom. The lowest BCUT2D eigenvalue weighted by atomic mass is 9.71. The smallest absolute Gasteiger partial charge is 0.228 e. The summed E-state index contributed by atoms with van der Waals surface area (Å²) in [4.78, 5) is 24.7. The van der Waals surface area contributed by atoms with Gasteiger partial charge in [0.1, 0.15) is 5.82 Å². The lowest BCUT2D eigenvalue weighted by Crippen LogP contribution is -2.62. The molecule has 6 nitrogen and oxygen atoms in total. The van der Waals surface area contributed by atoms with Crippen LogP contribution in [-0.4, -0.2) is 72.0 Å². The normalized spacial score (nSPS) is 25.1. The van der Waals surface area contributed by atoms with Crippen LogP contribution >= 0.6 is 23.2 Å². The van der Waals surface area contributed by atoms with Crippen LogP contribution < -0.4 is 10.6 Å². The topological polar surface area (TPSA) is 65.7 Å². The van der Waals surface area contributed by atoms with E-state index in [1.807, 2.05) is 42.2 Å². The fraction of sp³-hybridized carbons (Fsp3) is 0.556. The first kappa shape index (κ1) is 25.0. The minimum atomic E-state index is -0.198. The quantitative estimate of drug-likeness (QED) is 0.622. The van der Waals surface area contributed by atoms with Gasteiger partial charge in [-0.25, -0.2) is 4.98 Å². The van der Waals surface area contributed by atoms with Crippen molar-refractivity contribution in [2.75, 3.05) is 44.2 Å². The Morgan fingerprint density at radius 1 is 1.11 bits per heavy atom. The maximum Gasteiger partial charge on any atom is 0.228 e. The standard InChI is InChI=1S/C27H35Cl2N5O/c1-19-3-2-4-25(31-19)34-18-27(10-7-26(34)35,20-5-6-23(28)24(29)15-20)11-14-32-16-22(17-32)33-12-8-21(30)9-13-33/h2-6,15,21-22H,7-14,16-18,30H2,1H3. The number of rotatable bonds is 6. The van der Waals surface area contributed by atoms with Crippen molar-refractivity contribution in [1.82, 2.24) is 14.8 Å². The van der Waals surface area contributed by atoms with Crippen molar-refractivity contribution in [3.63, 3.8) is 0 Å². The van der Waals surface area contributed by atoms with Crippen molar-refractivity contribution in [1.29, 1.82) is 0 Å². The second-order valence-corrected chi connectivity index (χ2v) is 11.4. The highest BCUT2D eigenvalue weighted by molar-refractivity contribution is 6.42. The summed E-state index contributed by atoms with van der Waals surface area (Å²) in [6.07, 6.45) is 4.46. The fourth-order valence-electron chi connectivity index (χ4n) is 5.86. The van der Waals surface area contributed by atoms with Crippen molar-refractivity contribution in [2.45, 2.75) is 56.5 Å². The van der Waals surface area contributed by atoms with Crippen molar-refractivity contribution in [2.24, 2.45) is 5.73 Å². The summed E-state index contributed by atoms with van der Waals surface area (Å²) < 4.78 is 0. The molecule has 8 heteroatoms. The predicted molar refractivity (Wildman–Crippen MR) is 142 cm³/mol. The Hall–Kier alpha value is -1.70. The monoisotopic (exact) mass is 515 g/mol. The molecular weight excluding hydrogens is 481 g/mol. The highest BCUT2D eigenvalue weighted by Crippen LogP contribution is 2.41. The number of halogens is 2. The van der Waals surface area contributed by atoms with Crippen LogP contribution in [0.1, 0.15) is 43.4 Å². The number of carbonyl (C=O) groups excluding carboxylic acids is 1. The second-order valence-electron chi connectivity index (χ2n) is 10.6. The molecule has 188 valence electrons. The summed E-state index contributed by atoms with van der Waals surface area (Å²) in [6, 6.07) is 12.8. The number of nitrogens with two attached hydrogens (primary N) is 1. The molecule has 1 unspecified atom stereocenters. The number of benzene rings is 1. The molecule has 0 radical (unpaired) electrons. The average molecular weight is 517 g/mol. The van der Waals surface area contributed by atoms with Gasteiger partial charge in [0.05, 0.1) is 10.0 Å². The third-order valence-corrected chi connectivity index (χ3v) is 8.94. The minimum Gasteiger partial charge on any atom is -0.328 e. The fourth-order valence-corrected chi connectivity index (χ4v) is 6.16. The number of piperidine rings is 2. The van der Waals surface area contributed by atoms with Gasteiger partial charge in [-0.2, -0.15) is 0 Å². The largest absolute Gasteiger partial charge is 0.328 e. The molecule has 1 atom stereocenters. The summed E-state index contributed by atoms with van der Waals surface area (Å²) in [7, 11) is 0. The van der Waals surface area contributed by atoms with E-state index >= 15 is 0 Å². The molecule has 0 aliphatic carbocycles. The molecule has 3 fully saturated rings. The number of aryl methyl sites for hydroxylation is 1. The van der Waals surface area contributed by atoms with Crippen molar-refractivity contribution < 1.29 is 4.79 Å². The van der Waals surface area contributed by atoms with Crippen LogP contribution in [0.15, 0.2) is 36.4 Å². The molecule has 0 saturated carbocycles. The van der Waals surface area contributed by atoms with E-state index in [1.165, 1.54) is 0 Å². The maximum atomic E-state index is 13.0. The van der Waals surface area contributed by atoms with Crippen LogP contribution in [-0.2, 0) is 10.2 Å². The van der Waals surface area contributed by atoms with Crippen LogP contribution in [0.3, 0.4) is 0 Å². The van der Waals surface area contributed by atoms with E-state index in [2.05, 4.69) is 20.9 Å². The first-order valence-electron chi connectivity index (χ1n) is 12.7. The predicted octanol–water partition coefficient (Wildman–Crippen LogP) is 4.26. The zero-order chi connectivity index (χ0) is 24.6. The van der Waals surface area contributed by atoms with Gasteiger partial charge in [0.15, 0.2) is 0 Å². The van der Waals surface area contributed by atoms with E-state index in [0.29, 0.717) is 35.1 Å². The van der Waals surface area contributed by atoms with E-state index in [9.17, 15) is 4.79 Å². The highest BCUT2D eigenvalue weighted by Gasteiger charge is 2.42. The summed E-state index contributed by atoms with van der Waals surface area (Å²) in [5.74, 6) is 0.859. The molecule has 1 aromatic carbocycles. The van der Waals surface area contributed by atoms with Gasteiger partial charge in [0.25, 0.3) is 0 Å². The van der Waals surface area contributed by atoms with E-state index < -0.39 is 0 Å². The van der Waals surface area contributed by atoms with Gasteiger partial charge in [-0.3, -0.25) is 14.6 Å². The van der Waals surface area contributed by atoms with E-state index in [1.54, 1.807) is 0 Å². The van der Waals surface area contributed by atoms with Crippen molar-refractivity contribution in [3.8, 4) is 0 Å². The molecule has 1 amide bonds. The number of carbonyl (C=O) groups is 1. The minimum absolute atomic E-state index is 0.131. The Kier molecular flexibility index (Phi) is 7.38. The molecule has 2 N–H and O–H groups in total. The molecule has 0 spiro atoms. The molecular formula is C27H35Cl2N5O. The van der Waals surface area contributed by atoms with E-state index in [0.717, 1.165) is 75.5 Å². The second kappa shape index (κ2) is 10.3. The van der Waals surface area contributed by atoms with Gasteiger partial charge in [0, 0.05) is 62.3 Å². The highest BCUT2D eigenvalue weighted by atomic mass is 35.5. The molecule has 35 heavy (non-hydrogen) atoms. The zero-order valence-corrected chi connectivity index (χ0v) is 21.9. The number of amides is 1. The SMILES string of the molecule is Cc1cccc(N2CC(CCN3CC(N4CCC(N)CC4)C3)(c3ccc(Cl)c(Cl)c3)CCC2=O)n1.